The highest BCUT2D eigenvalue weighted by Crippen LogP contribution is 2.27. The van der Waals surface area contributed by atoms with Crippen molar-refractivity contribution in [1.29, 1.82) is 0 Å². The van der Waals surface area contributed by atoms with Crippen LogP contribution >= 0.6 is 0 Å². The molecule has 0 spiro atoms. The smallest absolute Gasteiger partial charge is 0.321 e. The Morgan fingerprint density at radius 2 is 2.04 bits per heavy atom. The van der Waals surface area contributed by atoms with E-state index >= 15 is 0 Å². The maximum absolute atomic E-state index is 12.4. The number of ether oxygens (including phenoxy) is 1. The first-order valence-corrected chi connectivity index (χ1v) is 8.45. The van der Waals surface area contributed by atoms with Crippen molar-refractivity contribution in [2.45, 2.75) is 26.9 Å². The van der Waals surface area contributed by atoms with Crippen molar-refractivity contribution in [2.24, 2.45) is 5.92 Å². The minimum absolute atomic E-state index is 0.0484. The van der Waals surface area contributed by atoms with Crippen LogP contribution in [0, 0.1) is 12.8 Å². The van der Waals surface area contributed by atoms with Crippen molar-refractivity contribution in [2.75, 3.05) is 18.4 Å². The number of aryl methyl sites for hydroxylation is 1. The summed E-state index contributed by atoms with van der Waals surface area (Å²) in [7, 11) is 0. The lowest BCUT2D eigenvalue weighted by Gasteiger charge is -2.19. The number of carbonyl (C=O) groups is 1. The zero-order chi connectivity index (χ0) is 16.9. The van der Waals surface area contributed by atoms with E-state index in [0.29, 0.717) is 18.3 Å². The molecule has 1 heterocycles. The molecule has 0 aromatic heterocycles. The van der Waals surface area contributed by atoms with E-state index in [0.717, 1.165) is 36.3 Å². The van der Waals surface area contributed by atoms with Gasteiger partial charge in [-0.2, -0.15) is 0 Å². The van der Waals surface area contributed by atoms with Gasteiger partial charge in [0.15, 0.2) is 0 Å². The minimum Gasteiger partial charge on any atom is -0.487 e. The van der Waals surface area contributed by atoms with Gasteiger partial charge < -0.3 is 15.0 Å². The quantitative estimate of drug-likeness (QED) is 0.903. The van der Waals surface area contributed by atoms with Crippen molar-refractivity contribution in [3.05, 3.63) is 59.7 Å². The second kappa shape index (κ2) is 7.39. The van der Waals surface area contributed by atoms with Crippen LogP contribution in [0.4, 0.5) is 10.5 Å². The molecule has 1 atom stereocenters. The Labute approximate surface area is 143 Å². The molecular weight excluding hydrogens is 300 g/mol. The van der Waals surface area contributed by atoms with E-state index in [4.69, 9.17) is 4.74 Å². The first-order chi connectivity index (χ1) is 11.6. The molecule has 1 aliphatic rings. The van der Waals surface area contributed by atoms with Crippen molar-refractivity contribution in [1.82, 2.24) is 4.90 Å². The topological polar surface area (TPSA) is 41.6 Å². The number of nitrogens with zero attached hydrogens (tertiary/aromatic N) is 1. The van der Waals surface area contributed by atoms with E-state index in [9.17, 15) is 4.79 Å². The molecule has 1 N–H and O–H groups in total. The number of nitrogens with one attached hydrogen (secondary N) is 1. The lowest BCUT2D eigenvalue weighted by Crippen LogP contribution is -2.32. The molecule has 0 radical (unpaired) electrons. The highest BCUT2D eigenvalue weighted by molar-refractivity contribution is 5.91. The predicted octanol–water partition coefficient (Wildman–Crippen LogP) is 4.45. The summed E-state index contributed by atoms with van der Waals surface area (Å²) in [4.78, 5) is 14.3. The molecule has 4 heteroatoms. The van der Waals surface area contributed by atoms with Gasteiger partial charge in [-0.25, -0.2) is 4.79 Å². The Kier molecular flexibility index (Phi) is 5.04. The molecule has 1 saturated heterocycles. The summed E-state index contributed by atoms with van der Waals surface area (Å²) in [5.41, 5.74) is 2.93. The molecule has 1 aliphatic heterocycles. The van der Waals surface area contributed by atoms with Crippen LogP contribution in [0.25, 0.3) is 0 Å². The van der Waals surface area contributed by atoms with Crippen LogP contribution in [0.15, 0.2) is 48.5 Å². The van der Waals surface area contributed by atoms with Gasteiger partial charge in [-0.15, -0.1) is 0 Å². The van der Waals surface area contributed by atoms with E-state index in [-0.39, 0.29) is 6.03 Å². The van der Waals surface area contributed by atoms with E-state index in [1.807, 2.05) is 60.4 Å². The number of likely N-dealkylation sites (tertiary alicyclic amines) is 1. The predicted molar refractivity (Wildman–Crippen MR) is 96.3 cm³/mol. The monoisotopic (exact) mass is 324 g/mol. The van der Waals surface area contributed by atoms with Crippen LogP contribution in [-0.2, 0) is 6.61 Å². The summed E-state index contributed by atoms with van der Waals surface area (Å²) in [6, 6.07) is 15.8. The van der Waals surface area contributed by atoms with E-state index < -0.39 is 0 Å². The second-order valence-corrected chi connectivity index (χ2v) is 6.54. The van der Waals surface area contributed by atoms with Gasteiger partial charge in [0.05, 0.1) is 5.69 Å². The van der Waals surface area contributed by atoms with Crippen molar-refractivity contribution >= 4 is 11.7 Å². The molecular formula is C20H24N2O2. The molecule has 24 heavy (non-hydrogen) atoms. The molecule has 3 rings (SSSR count). The number of urea groups is 1. The molecule has 1 unspecified atom stereocenters. The Morgan fingerprint density at radius 3 is 2.75 bits per heavy atom. The fourth-order valence-electron chi connectivity index (χ4n) is 2.90. The molecule has 2 aromatic carbocycles. The summed E-state index contributed by atoms with van der Waals surface area (Å²) in [6.45, 7) is 6.31. The van der Waals surface area contributed by atoms with E-state index in [1.54, 1.807) is 0 Å². The number of benzene rings is 2. The SMILES string of the molecule is Cc1ccc(NC(=O)N2CCC(C)C2)c(OCc2ccccc2)c1. The van der Waals surface area contributed by atoms with Gasteiger partial charge in [0.1, 0.15) is 12.4 Å². The Balaban J connectivity index is 1.69. The lowest BCUT2D eigenvalue weighted by molar-refractivity contribution is 0.221. The van der Waals surface area contributed by atoms with Gasteiger partial charge in [0.2, 0.25) is 0 Å². The third-order valence-electron chi connectivity index (χ3n) is 4.33. The Hall–Kier alpha value is -2.49. The van der Waals surface area contributed by atoms with E-state index in [2.05, 4.69) is 12.2 Å². The third kappa shape index (κ3) is 4.07. The highest BCUT2D eigenvalue weighted by Gasteiger charge is 2.23. The van der Waals surface area contributed by atoms with Gasteiger partial charge >= 0.3 is 6.03 Å². The summed E-state index contributed by atoms with van der Waals surface area (Å²) >= 11 is 0. The van der Waals surface area contributed by atoms with Gasteiger partial charge in [-0.3, -0.25) is 0 Å². The van der Waals surface area contributed by atoms with Crippen molar-refractivity contribution in [3.63, 3.8) is 0 Å². The molecule has 0 saturated carbocycles. The first kappa shape index (κ1) is 16.4. The molecule has 1 fully saturated rings. The van der Waals surface area contributed by atoms with E-state index in [1.165, 1.54) is 0 Å². The molecule has 0 aliphatic carbocycles. The van der Waals surface area contributed by atoms with Crippen molar-refractivity contribution in [3.8, 4) is 5.75 Å². The Morgan fingerprint density at radius 1 is 1.25 bits per heavy atom. The number of hydrogen-bond donors (Lipinski definition) is 1. The zero-order valence-corrected chi connectivity index (χ0v) is 14.3. The standard InChI is InChI=1S/C20H24N2O2/c1-15-8-9-18(21-20(23)22-11-10-16(2)13-22)19(12-15)24-14-17-6-4-3-5-7-17/h3-9,12,16H,10-11,13-14H2,1-2H3,(H,21,23). The van der Waals surface area contributed by atoms with Crippen LogP contribution in [-0.4, -0.2) is 24.0 Å². The minimum atomic E-state index is -0.0484. The number of carbonyl (C=O) groups excluding carboxylic acids is 1. The average Bonchev–Trinajstić information content (AvgIpc) is 3.02. The fraction of sp³-hybridized carbons (Fsp3) is 0.350. The first-order valence-electron chi connectivity index (χ1n) is 8.45. The normalized spacial score (nSPS) is 16.9. The van der Waals surface area contributed by atoms with Gasteiger partial charge in [-0.05, 0) is 42.5 Å². The average molecular weight is 324 g/mol. The molecule has 4 nitrogen and oxygen atoms in total. The van der Waals surface area contributed by atoms with Crippen LogP contribution in [0.5, 0.6) is 5.75 Å². The fourth-order valence-corrected chi connectivity index (χ4v) is 2.90. The largest absolute Gasteiger partial charge is 0.487 e. The van der Waals surface area contributed by atoms with Crippen molar-refractivity contribution < 1.29 is 9.53 Å². The Bertz CT molecular complexity index is 700. The maximum atomic E-state index is 12.4. The lowest BCUT2D eigenvalue weighted by atomic mass is 10.2. The van der Waals surface area contributed by atoms with Crippen LogP contribution in [0.1, 0.15) is 24.5 Å². The molecule has 2 aromatic rings. The van der Waals surface area contributed by atoms with Gasteiger partial charge in [-0.1, -0.05) is 43.3 Å². The molecule has 0 bridgehead atoms. The number of rotatable bonds is 4. The van der Waals surface area contributed by atoms with Gasteiger partial charge in [0.25, 0.3) is 0 Å². The van der Waals surface area contributed by atoms with Gasteiger partial charge in [0, 0.05) is 13.1 Å². The number of anilines is 1. The van der Waals surface area contributed by atoms with Crippen LogP contribution in [0.2, 0.25) is 0 Å². The van der Waals surface area contributed by atoms with Crippen LogP contribution < -0.4 is 10.1 Å². The number of amides is 2. The molecule has 2 amide bonds. The number of hydrogen-bond acceptors (Lipinski definition) is 2. The summed E-state index contributed by atoms with van der Waals surface area (Å²) in [6.07, 6.45) is 1.07. The van der Waals surface area contributed by atoms with Crippen LogP contribution in [0.3, 0.4) is 0 Å². The maximum Gasteiger partial charge on any atom is 0.321 e. The molecule has 126 valence electrons. The second-order valence-electron chi connectivity index (χ2n) is 6.54. The summed E-state index contributed by atoms with van der Waals surface area (Å²) in [5, 5.41) is 3.00. The summed E-state index contributed by atoms with van der Waals surface area (Å²) < 4.78 is 5.96. The highest BCUT2D eigenvalue weighted by atomic mass is 16.5. The zero-order valence-electron chi connectivity index (χ0n) is 14.3. The third-order valence-corrected chi connectivity index (χ3v) is 4.33. The summed E-state index contributed by atoms with van der Waals surface area (Å²) in [5.74, 6) is 1.28.